The maximum atomic E-state index is 13.1. The molecule has 1 heterocycles. The van der Waals surface area contributed by atoms with E-state index in [-0.39, 0.29) is 18.5 Å². The monoisotopic (exact) mass is 446 g/mol. The molecule has 6 heteroatoms. The van der Waals surface area contributed by atoms with Gasteiger partial charge in [-0.2, -0.15) is 0 Å². The first-order valence-corrected chi connectivity index (χ1v) is 11.2. The van der Waals surface area contributed by atoms with Crippen LogP contribution >= 0.6 is 0 Å². The van der Waals surface area contributed by atoms with Crippen molar-refractivity contribution in [2.45, 2.75) is 19.4 Å². The number of nitrogens with zero attached hydrogens (tertiary/aromatic N) is 1. The van der Waals surface area contributed by atoms with Crippen molar-refractivity contribution in [1.29, 1.82) is 0 Å². The molecule has 33 heavy (non-hydrogen) atoms. The van der Waals surface area contributed by atoms with Crippen LogP contribution in [0.1, 0.15) is 29.7 Å². The van der Waals surface area contributed by atoms with Gasteiger partial charge in [-0.15, -0.1) is 0 Å². The van der Waals surface area contributed by atoms with Crippen molar-refractivity contribution < 1.29 is 19.0 Å². The molecular weight excluding hydrogens is 416 g/mol. The molecule has 3 aromatic carbocycles. The van der Waals surface area contributed by atoms with Gasteiger partial charge in [-0.1, -0.05) is 42.5 Å². The topological polar surface area (TPSA) is 60.0 Å². The number of fused-ring (bicyclic) bond motifs is 1. The lowest BCUT2D eigenvalue weighted by molar-refractivity contribution is -0.117. The molecule has 0 bridgehead atoms. The number of hydrogen-bond acceptors (Lipinski definition) is 5. The maximum Gasteiger partial charge on any atom is 0.238 e. The second kappa shape index (κ2) is 10.4. The molecule has 1 aliphatic rings. The van der Waals surface area contributed by atoms with Crippen molar-refractivity contribution in [3.63, 3.8) is 0 Å². The molecular formula is C27H30N2O4. The van der Waals surface area contributed by atoms with E-state index in [4.69, 9.17) is 14.2 Å². The molecule has 0 saturated carbocycles. The van der Waals surface area contributed by atoms with Gasteiger partial charge in [0.25, 0.3) is 0 Å². The van der Waals surface area contributed by atoms with Crippen LogP contribution in [0.3, 0.4) is 0 Å². The Morgan fingerprint density at radius 3 is 2.39 bits per heavy atom. The van der Waals surface area contributed by atoms with Gasteiger partial charge >= 0.3 is 0 Å². The van der Waals surface area contributed by atoms with E-state index in [9.17, 15) is 4.79 Å². The Kier molecular flexibility index (Phi) is 7.15. The smallest absolute Gasteiger partial charge is 0.238 e. The molecule has 1 aliphatic heterocycles. The second-order valence-corrected chi connectivity index (χ2v) is 7.92. The number of para-hydroxylation sites is 2. The lowest BCUT2D eigenvalue weighted by atomic mass is 9.87. The van der Waals surface area contributed by atoms with E-state index >= 15 is 0 Å². The van der Waals surface area contributed by atoms with E-state index in [1.807, 2.05) is 55.5 Å². The van der Waals surface area contributed by atoms with Gasteiger partial charge in [0.15, 0.2) is 11.5 Å². The van der Waals surface area contributed by atoms with Crippen molar-refractivity contribution >= 4 is 11.6 Å². The van der Waals surface area contributed by atoms with E-state index in [0.717, 1.165) is 29.8 Å². The molecule has 1 unspecified atom stereocenters. The molecule has 0 saturated heterocycles. The average Bonchev–Trinajstić information content (AvgIpc) is 2.85. The third kappa shape index (κ3) is 4.96. The zero-order valence-corrected chi connectivity index (χ0v) is 19.3. The van der Waals surface area contributed by atoms with Crippen molar-refractivity contribution in [2.24, 2.45) is 0 Å². The third-order valence-electron chi connectivity index (χ3n) is 5.90. The van der Waals surface area contributed by atoms with Gasteiger partial charge in [0.1, 0.15) is 5.75 Å². The van der Waals surface area contributed by atoms with E-state index in [0.29, 0.717) is 23.8 Å². The highest BCUT2D eigenvalue weighted by Gasteiger charge is 2.31. The summed E-state index contributed by atoms with van der Waals surface area (Å²) in [5, 5.41) is 3.03. The number of rotatable bonds is 8. The predicted molar refractivity (Wildman–Crippen MR) is 129 cm³/mol. The Morgan fingerprint density at radius 1 is 0.970 bits per heavy atom. The lowest BCUT2D eigenvalue weighted by Gasteiger charge is -2.37. The fraction of sp³-hybridized carbons (Fsp3) is 0.296. The zero-order valence-electron chi connectivity index (χ0n) is 19.3. The Labute approximate surface area is 195 Å². The molecule has 0 fully saturated rings. The predicted octanol–water partition coefficient (Wildman–Crippen LogP) is 4.69. The average molecular weight is 447 g/mol. The minimum absolute atomic E-state index is 0.0670. The summed E-state index contributed by atoms with van der Waals surface area (Å²) in [4.78, 5) is 15.3. The van der Waals surface area contributed by atoms with Gasteiger partial charge in [0.05, 0.1) is 39.1 Å². The Morgan fingerprint density at radius 2 is 1.67 bits per heavy atom. The second-order valence-electron chi connectivity index (χ2n) is 7.92. The third-order valence-corrected chi connectivity index (χ3v) is 5.90. The highest BCUT2D eigenvalue weighted by Crippen LogP contribution is 2.41. The Balaban J connectivity index is 1.64. The van der Waals surface area contributed by atoms with Crippen molar-refractivity contribution in [3.05, 3.63) is 83.4 Å². The number of carbonyl (C=O) groups is 1. The van der Waals surface area contributed by atoms with Crippen LogP contribution in [0.15, 0.2) is 66.7 Å². The minimum atomic E-state index is -0.0768. The van der Waals surface area contributed by atoms with Crippen molar-refractivity contribution in [1.82, 2.24) is 4.90 Å². The first-order valence-electron chi connectivity index (χ1n) is 11.2. The summed E-state index contributed by atoms with van der Waals surface area (Å²) >= 11 is 0. The molecule has 0 spiro atoms. The fourth-order valence-corrected chi connectivity index (χ4v) is 4.42. The molecule has 0 aliphatic carbocycles. The summed E-state index contributed by atoms with van der Waals surface area (Å²) in [6, 6.07) is 21.8. The standard InChI is InChI=1S/C27H30N2O4/c1-4-33-23-13-9-8-12-22(23)28-26(30)18-29-15-14-20-16-24(31-2)25(32-3)17-21(20)27(29)19-10-6-5-7-11-19/h5-13,16-17,27H,4,14-15,18H2,1-3H3,(H,28,30). The number of carbonyl (C=O) groups excluding carboxylic acids is 1. The van der Waals surface area contributed by atoms with Crippen LogP contribution in [-0.4, -0.2) is 44.7 Å². The largest absolute Gasteiger partial charge is 0.493 e. The first-order chi connectivity index (χ1) is 16.1. The van der Waals surface area contributed by atoms with Gasteiger partial charge in [-0.05, 0) is 54.3 Å². The van der Waals surface area contributed by atoms with Gasteiger partial charge in [-0.25, -0.2) is 0 Å². The minimum Gasteiger partial charge on any atom is -0.493 e. The molecule has 0 aromatic heterocycles. The highest BCUT2D eigenvalue weighted by atomic mass is 16.5. The molecule has 6 nitrogen and oxygen atoms in total. The van der Waals surface area contributed by atoms with Crippen LogP contribution in [0.4, 0.5) is 5.69 Å². The Hall–Kier alpha value is -3.51. The maximum absolute atomic E-state index is 13.1. The quantitative estimate of drug-likeness (QED) is 0.544. The normalized spacial score (nSPS) is 15.4. The van der Waals surface area contributed by atoms with Crippen LogP contribution < -0.4 is 19.5 Å². The van der Waals surface area contributed by atoms with Gasteiger partial charge in [0.2, 0.25) is 5.91 Å². The van der Waals surface area contributed by atoms with Gasteiger partial charge < -0.3 is 19.5 Å². The van der Waals surface area contributed by atoms with E-state index < -0.39 is 0 Å². The number of anilines is 1. The van der Waals surface area contributed by atoms with Gasteiger partial charge in [0, 0.05) is 6.54 Å². The summed E-state index contributed by atoms with van der Waals surface area (Å²) in [7, 11) is 3.30. The highest BCUT2D eigenvalue weighted by molar-refractivity contribution is 5.93. The zero-order chi connectivity index (χ0) is 23.2. The van der Waals surface area contributed by atoms with Crippen molar-refractivity contribution in [2.75, 3.05) is 39.2 Å². The fourth-order valence-electron chi connectivity index (χ4n) is 4.42. The van der Waals surface area contributed by atoms with E-state index in [1.165, 1.54) is 5.56 Å². The number of ether oxygens (including phenoxy) is 3. The lowest BCUT2D eigenvalue weighted by Crippen LogP contribution is -2.41. The van der Waals surface area contributed by atoms with Crippen LogP contribution in [0.2, 0.25) is 0 Å². The van der Waals surface area contributed by atoms with Crippen LogP contribution in [0.25, 0.3) is 0 Å². The number of amides is 1. The summed E-state index contributed by atoms with van der Waals surface area (Å²) in [6.07, 6.45) is 0.821. The number of hydrogen-bond donors (Lipinski definition) is 1. The summed E-state index contributed by atoms with van der Waals surface area (Å²) in [5.41, 5.74) is 4.16. The van der Waals surface area contributed by atoms with E-state index in [2.05, 4.69) is 28.4 Å². The van der Waals surface area contributed by atoms with Crippen LogP contribution in [-0.2, 0) is 11.2 Å². The van der Waals surface area contributed by atoms with Crippen LogP contribution in [0, 0.1) is 0 Å². The number of methoxy groups -OCH3 is 2. The number of benzene rings is 3. The van der Waals surface area contributed by atoms with E-state index in [1.54, 1.807) is 14.2 Å². The molecule has 0 radical (unpaired) electrons. The molecule has 3 aromatic rings. The first kappa shape index (κ1) is 22.7. The molecule has 1 atom stereocenters. The number of nitrogens with one attached hydrogen (secondary N) is 1. The molecule has 4 rings (SSSR count). The SMILES string of the molecule is CCOc1ccccc1NC(=O)CN1CCc2cc(OC)c(OC)cc2C1c1ccccc1. The summed E-state index contributed by atoms with van der Waals surface area (Å²) in [6.45, 7) is 3.48. The Bertz CT molecular complexity index is 1100. The van der Waals surface area contributed by atoms with Gasteiger partial charge in [-0.3, -0.25) is 9.69 Å². The van der Waals surface area contributed by atoms with Crippen molar-refractivity contribution in [3.8, 4) is 17.2 Å². The summed E-state index contributed by atoms with van der Waals surface area (Å²) < 4.78 is 16.8. The molecule has 1 amide bonds. The van der Waals surface area contributed by atoms with Crippen LogP contribution in [0.5, 0.6) is 17.2 Å². The molecule has 1 N–H and O–H groups in total. The molecule has 172 valence electrons. The summed E-state index contributed by atoms with van der Waals surface area (Å²) in [5.74, 6) is 2.01.